The first kappa shape index (κ1) is 17.8. The average molecular weight is 268 g/mol. The number of hydrogen-bond donors (Lipinski definition) is 0. The maximum absolute atomic E-state index is 2.89. The number of aromatic amines is 1. The first-order chi connectivity index (χ1) is 4.00. The molecule has 1 aromatic rings. The number of H-pyrrole nitrogens is 1. The molecule has 0 aliphatic carbocycles. The van der Waals surface area contributed by atoms with E-state index in [1.807, 2.05) is 35.5 Å². The predicted molar refractivity (Wildman–Crippen MR) is 42.9 cm³/mol. The topological polar surface area (TPSA) is 14.1 Å². The molecule has 4 heteroatoms. The van der Waals surface area contributed by atoms with Crippen molar-refractivity contribution >= 4 is 22.6 Å². The van der Waals surface area contributed by atoms with Crippen LogP contribution in [0.3, 0.4) is 0 Å². The molecular formula is C6H9INNa2+3. The van der Waals surface area contributed by atoms with Crippen LogP contribution in [0.2, 0.25) is 0 Å². The van der Waals surface area contributed by atoms with Gasteiger partial charge in [0.2, 0.25) is 0 Å². The predicted octanol–water partition coefficient (Wildman–Crippen LogP) is -4.44. The minimum atomic E-state index is 0. The minimum Gasteiger partial charge on any atom is -0.218 e. The molecule has 0 atom stereocenters. The van der Waals surface area contributed by atoms with Crippen LogP contribution < -0.4 is 64.1 Å². The van der Waals surface area contributed by atoms with Gasteiger partial charge in [0.25, 0.3) is 0 Å². The van der Waals surface area contributed by atoms with E-state index in [4.69, 9.17) is 0 Å². The number of rotatable bonds is 0. The van der Waals surface area contributed by atoms with Crippen molar-refractivity contribution in [2.75, 3.05) is 4.93 Å². The van der Waals surface area contributed by atoms with E-state index in [-0.39, 0.29) is 59.1 Å². The number of aromatic nitrogens is 1. The van der Waals surface area contributed by atoms with E-state index in [1.54, 1.807) is 0 Å². The maximum Gasteiger partial charge on any atom is 1.00 e. The van der Waals surface area contributed by atoms with Gasteiger partial charge >= 0.3 is 59.1 Å². The van der Waals surface area contributed by atoms with Crippen LogP contribution in [0.15, 0.2) is 30.6 Å². The molecule has 0 aliphatic rings. The summed E-state index contributed by atoms with van der Waals surface area (Å²) >= 11 is 2.15. The van der Waals surface area contributed by atoms with Crippen LogP contribution in [0.5, 0.6) is 0 Å². The first-order valence-electron chi connectivity index (χ1n) is 2.29. The number of halogens is 1. The molecule has 1 aromatic heterocycles. The summed E-state index contributed by atoms with van der Waals surface area (Å²) in [5.74, 6) is 0. The van der Waals surface area contributed by atoms with Crippen LogP contribution in [0.25, 0.3) is 0 Å². The summed E-state index contributed by atoms with van der Waals surface area (Å²) in [6.07, 6.45) is 3.75. The summed E-state index contributed by atoms with van der Waals surface area (Å²) in [5.41, 5.74) is 0. The van der Waals surface area contributed by atoms with Crippen molar-refractivity contribution in [2.45, 2.75) is 0 Å². The zero-order chi connectivity index (χ0) is 6.24. The van der Waals surface area contributed by atoms with Gasteiger partial charge in [-0.1, -0.05) is 28.7 Å². The Morgan fingerprint density at radius 3 is 1.40 bits per heavy atom. The molecule has 1 heterocycles. The number of pyridine rings is 1. The quantitative estimate of drug-likeness (QED) is 0.256. The van der Waals surface area contributed by atoms with E-state index in [1.165, 1.54) is 0 Å². The zero-order valence-corrected chi connectivity index (χ0v) is 12.9. The fraction of sp³-hybridized carbons (Fsp3) is 0.167. The first-order valence-corrected chi connectivity index (χ1v) is 4.45. The Morgan fingerprint density at radius 1 is 0.900 bits per heavy atom. The van der Waals surface area contributed by atoms with Crippen molar-refractivity contribution < 1.29 is 64.1 Å². The van der Waals surface area contributed by atoms with Crippen LogP contribution in [0.4, 0.5) is 0 Å². The largest absolute Gasteiger partial charge is 1.00 e. The maximum atomic E-state index is 2.89. The van der Waals surface area contributed by atoms with Gasteiger partial charge in [0.05, 0.1) is 0 Å². The second kappa shape index (κ2) is 17.1. The molecular weight excluding hydrogens is 259 g/mol. The Balaban J connectivity index is -0.000000114. The van der Waals surface area contributed by atoms with Gasteiger partial charge in [0.15, 0.2) is 12.4 Å². The van der Waals surface area contributed by atoms with E-state index in [2.05, 4.69) is 27.6 Å². The van der Waals surface area contributed by atoms with Crippen molar-refractivity contribution in [1.82, 2.24) is 0 Å². The third kappa shape index (κ3) is 12.5. The average Bonchev–Trinajstić information content (AvgIpc) is 1.96. The van der Waals surface area contributed by atoms with Crippen molar-refractivity contribution in [3.05, 3.63) is 30.6 Å². The summed E-state index contributed by atoms with van der Waals surface area (Å²) in [5, 5.41) is 0. The van der Waals surface area contributed by atoms with E-state index < -0.39 is 0 Å². The molecule has 0 saturated carbocycles. The fourth-order valence-corrected chi connectivity index (χ4v) is 0.342. The van der Waals surface area contributed by atoms with Gasteiger partial charge in [-0.2, -0.15) is 0 Å². The molecule has 0 aliphatic heterocycles. The molecule has 1 nitrogen and oxygen atoms in total. The van der Waals surface area contributed by atoms with Gasteiger partial charge in [0.1, 0.15) is 0 Å². The summed E-state index contributed by atoms with van der Waals surface area (Å²) in [7, 11) is 0. The van der Waals surface area contributed by atoms with E-state index >= 15 is 0 Å². The van der Waals surface area contributed by atoms with Crippen LogP contribution in [-0.4, -0.2) is 4.93 Å². The standard InChI is InChI=1S/C5H5N.CH3I.2Na/c1-2-4-6-5-3-1;1-2;;/h1-5H;1H3;;/q;;2*+1/p+1. The molecule has 0 aromatic carbocycles. The number of nitrogens with one attached hydrogen (secondary N) is 1. The van der Waals surface area contributed by atoms with Crippen LogP contribution in [0.1, 0.15) is 0 Å². The van der Waals surface area contributed by atoms with Gasteiger partial charge in [-0.3, -0.25) is 0 Å². The third-order valence-corrected chi connectivity index (χ3v) is 0.607. The van der Waals surface area contributed by atoms with Gasteiger partial charge in [-0.05, 0) is 4.93 Å². The van der Waals surface area contributed by atoms with Gasteiger partial charge in [0, 0.05) is 12.1 Å². The molecule has 0 bridgehead atoms. The van der Waals surface area contributed by atoms with Gasteiger partial charge < -0.3 is 0 Å². The monoisotopic (exact) mass is 268 g/mol. The van der Waals surface area contributed by atoms with Crippen LogP contribution >= 0.6 is 22.6 Å². The molecule has 0 saturated heterocycles. The molecule has 0 radical (unpaired) electrons. The Labute approximate surface area is 120 Å². The second-order valence-electron chi connectivity index (χ2n) is 1.08. The Kier molecular flexibility index (Phi) is 30.5. The molecule has 0 unspecified atom stereocenters. The smallest absolute Gasteiger partial charge is 0.218 e. The van der Waals surface area contributed by atoms with E-state index in [0.717, 1.165) is 0 Å². The summed E-state index contributed by atoms with van der Waals surface area (Å²) in [4.78, 5) is 4.86. The van der Waals surface area contributed by atoms with Crippen molar-refractivity contribution in [3.63, 3.8) is 0 Å². The molecule has 0 amide bonds. The third-order valence-electron chi connectivity index (χ3n) is 0.607. The van der Waals surface area contributed by atoms with Crippen LogP contribution in [0, 0.1) is 0 Å². The normalized spacial score (nSPS) is 5.40. The minimum absolute atomic E-state index is 0. The van der Waals surface area contributed by atoms with E-state index in [9.17, 15) is 0 Å². The van der Waals surface area contributed by atoms with Crippen molar-refractivity contribution in [2.24, 2.45) is 0 Å². The summed E-state index contributed by atoms with van der Waals surface area (Å²) in [6, 6.07) is 5.86. The molecule has 1 rings (SSSR count). The van der Waals surface area contributed by atoms with Crippen molar-refractivity contribution in [3.8, 4) is 0 Å². The second-order valence-corrected chi connectivity index (χ2v) is 1.08. The molecule has 44 valence electrons. The fourth-order valence-electron chi connectivity index (χ4n) is 0.342. The summed E-state index contributed by atoms with van der Waals surface area (Å²) in [6.45, 7) is 0. The Morgan fingerprint density at radius 2 is 1.30 bits per heavy atom. The molecule has 10 heavy (non-hydrogen) atoms. The molecule has 1 N–H and O–H groups in total. The molecule has 0 spiro atoms. The number of hydrogen-bond acceptors (Lipinski definition) is 0. The Hall–Kier alpha value is 1.88. The zero-order valence-electron chi connectivity index (χ0n) is 6.76. The van der Waals surface area contributed by atoms with Gasteiger partial charge in [-0.15, -0.1) is 0 Å². The molecule has 0 fully saturated rings. The van der Waals surface area contributed by atoms with E-state index in [0.29, 0.717) is 0 Å². The summed E-state index contributed by atoms with van der Waals surface area (Å²) < 4.78 is 0. The SMILES string of the molecule is CI.[Na+].[Na+].c1cc[nH+]cc1. The Bertz CT molecular complexity index is 87.7. The van der Waals surface area contributed by atoms with Crippen molar-refractivity contribution in [1.29, 1.82) is 0 Å². The van der Waals surface area contributed by atoms with Gasteiger partial charge in [-0.25, -0.2) is 4.98 Å². The van der Waals surface area contributed by atoms with Crippen LogP contribution in [-0.2, 0) is 0 Å². The number of alkyl halides is 1.